The predicted octanol–water partition coefficient (Wildman–Crippen LogP) is 1.25. The fraction of sp³-hybridized carbons (Fsp3) is 0.333. The molecular weight excluding hydrogens is 202 g/mol. The molecule has 3 rings (SSSR count). The van der Waals surface area contributed by atoms with Gasteiger partial charge in [0.2, 0.25) is 0 Å². The van der Waals surface area contributed by atoms with Crippen LogP contribution in [-0.4, -0.2) is 25.7 Å². The quantitative estimate of drug-likeness (QED) is 0.779. The Morgan fingerprint density at radius 1 is 1.31 bits per heavy atom. The third kappa shape index (κ3) is 1.51. The van der Waals surface area contributed by atoms with E-state index in [1.54, 1.807) is 6.20 Å². The molecule has 2 aromatic heterocycles. The van der Waals surface area contributed by atoms with Gasteiger partial charge < -0.3 is 9.67 Å². The van der Waals surface area contributed by atoms with Crippen LogP contribution < -0.4 is 0 Å². The number of aromatic nitrogens is 3. The maximum absolute atomic E-state index is 9.68. The van der Waals surface area contributed by atoms with E-state index in [9.17, 15) is 5.11 Å². The fourth-order valence-corrected chi connectivity index (χ4v) is 2.13. The molecule has 0 radical (unpaired) electrons. The minimum atomic E-state index is -0.260. The average molecular weight is 215 g/mol. The number of pyridine rings is 1. The highest BCUT2D eigenvalue weighted by molar-refractivity contribution is 5.50. The number of aliphatic hydroxyl groups is 1. The Balaban J connectivity index is 2.07. The van der Waals surface area contributed by atoms with Crippen LogP contribution in [-0.2, 0) is 13.0 Å². The first-order chi connectivity index (χ1) is 7.84. The summed E-state index contributed by atoms with van der Waals surface area (Å²) < 4.78 is 2.07. The van der Waals surface area contributed by atoms with Gasteiger partial charge in [0.1, 0.15) is 5.69 Å². The van der Waals surface area contributed by atoms with Gasteiger partial charge in [-0.05, 0) is 25.0 Å². The Hall–Kier alpha value is -1.68. The van der Waals surface area contributed by atoms with Crippen LogP contribution in [0.25, 0.3) is 11.5 Å². The van der Waals surface area contributed by atoms with Crippen molar-refractivity contribution in [3.8, 4) is 11.5 Å². The number of rotatable bonds is 1. The fourth-order valence-electron chi connectivity index (χ4n) is 2.13. The predicted molar refractivity (Wildman–Crippen MR) is 59.8 cm³/mol. The number of hydrogen-bond donors (Lipinski definition) is 1. The summed E-state index contributed by atoms with van der Waals surface area (Å²) in [6.07, 6.45) is 5.10. The Labute approximate surface area is 93.6 Å². The van der Waals surface area contributed by atoms with Gasteiger partial charge >= 0.3 is 0 Å². The molecule has 0 aromatic carbocycles. The molecule has 16 heavy (non-hydrogen) atoms. The summed E-state index contributed by atoms with van der Waals surface area (Å²) >= 11 is 0. The number of aliphatic hydroxyl groups excluding tert-OH is 1. The molecule has 1 aliphatic rings. The summed E-state index contributed by atoms with van der Waals surface area (Å²) in [5, 5.41) is 9.68. The zero-order valence-electron chi connectivity index (χ0n) is 8.87. The lowest BCUT2D eigenvalue weighted by Crippen LogP contribution is -2.24. The minimum Gasteiger partial charge on any atom is -0.391 e. The first-order valence-electron chi connectivity index (χ1n) is 5.48. The van der Waals surface area contributed by atoms with E-state index in [-0.39, 0.29) is 6.10 Å². The van der Waals surface area contributed by atoms with Crippen LogP contribution in [0.5, 0.6) is 0 Å². The van der Waals surface area contributed by atoms with Gasteiger partial charge in [0.15, 0.2) is 5.82 Å². The maximum Gasteiger partial charge on any atom is 0.158 e. The first kappa shape index (κ1) is 9.54. The number of imidazole rings is 1. The van der Waals surface area contributed by atoms with Crippen molar-refractivity contribution in [2.75, 3.05) is 0 Å². The van der Waals surface area contributed by atoms with E-state index in [4.69, 9.17) is 0 Å². The third-order valence-corrected chi connectivity index (χ3v) is 2.96. The van der Waals surface area contributed by atoms with E-state index < -0.39 is 0 Å². The summed E-state index contributed by atoms with van der Waals surface area (Å²) in [5.41, 5.74) is 2.05. The lowest BCUT2D eigenvalue weighted by atomic mass is 10.1. The summed E-state index contributed by atoms with van der Waals surface area (Å²) in [4.78, 5) is 8.68. The van der Waals surface area contributed by atoms with Gasteiger partial charge in [-0.2, -0.15) is 0 Å². The molecule has 1 N–H and O–H groups in total. The second-order valence-electron chi connectivity index (χ2n) is 4.09. The minimum absolute atomic E-state index is 0.260. The number of hydrogen-bond acceptors (Lipinski definition) is 3. The summed E-state index contributed by atoms with van der Waals surface area (Å²) in [5.74, 6) is 0.856. The Morgan fingerprint density at radius 3 is 3.06 bits per heavy atom. The molecule has 1 unspecified atom stereocenters. The molecule has 0 fully saturated rings. The molecule has 3 heterocycles. The monoisotopic (exact) mass is 215 g/mol. The van der Waals surface area contributed by atoms with Crippen LogP contribution in [0, 0.1) is 0 Å². The molecule has 82 valence electrons. The van der Waals surface area contributed by atoms with E-state index in [0.29, 0.717) is 6.54 Å². The molecule has 0 saturated carbocycles. The van der Waals surface area contributed by atoms with Crippen molar-refractivity contribution in [1.82, 2.24) is 14.5 Å². The maximum atomic E-state index is 9.68. The molecule has 0 amide bonds. The van der Waals surface area contributed by atoms with Crippen molar-refractivity contribution in [3.63, 3.8) is 0 Å². The van der Waals surface area contributed by atoms with E-state index in [1.165, 1.54) is 5.69 Å². The molecule has 1 atom stereocenters. The molecule has 0 saturated heterocycles. The molecule has 0 spiro atoms. The smallest absolute Gasteiger partial charge is 0.158 e. The zero-order chi connectivity index (χ0) is 11.0. The van der Waals surface area contributed by atoms with E-state index in [1.807, 2.05) is 24.4 Å². The molecule has 4 nitrogen and oxygen atoms in total. The number of nitrogens with zero attached hydrogens (tertiary/aromatic N) is 3. The van der Waals surface area contributed by atoms with Crippen LogP contribution in [0.1, 0.15) is 12.1 Å². The van der Waals surface area contributed by atoms with Crippen molar-refractivity contribution in [3.05, 3.63) is 36.3 Å². The highest BCUT2D eigenvalue weighted by Gasteiger charge is 2.20. The number of fused-ring (bicyclic) bond motifs is 1. The van der Waals surface area contributed by atoms with E-state index in [0.717, 1.165) is 24.4 Å². The van der Waals surface area contributed by atoms with Crippen molar-refractivity contribution >= 4 is 0 Å². The second kappa shape index (κ2) is 3.72. The topological polar surface area (TPSA) is 50.9 Å². The van der Waals surface area contributed by atoms with Crippen molar-refractivity contribution in [2.24, 2.45) is 0 Å². The second-order valence-corrected chi connectivity index (χ2v) is 4.09. The molecular formula is C12H13N3O. The SMILES string of the molecule is OC1CCc2cnc(-c3ccccn3)n2C1. The van der Waals surface area contributed by atoms with E-state index >= 15 is 0 Å². The molecule has 0 aliphatic carbocycles. The third-order valence-electron chi connectivity index (χ3n) is 2.96. The Kier molecular flexibility index (Phi) is 2.22. The van der Waals surface area contributed by atoms with Gasteiger partial charge in [0.25, 0.3) is 0 Å². The average Bonchev–Trinajstić information content (AvgIpc) is 2.73. The normalized spacial score (nSPS) is 19.4. The van der Waals surface area contributed by atoms with Crippen LogP contribution >= 0.6 is 0 Å². The van der Waals surface area contributed by atoms with Gasteiger partial charge in [-0.3, -0.25) is 4.98 Å². The molecule has 4 heteroatoms. The highest BCUT2D eigenvalue weighted by Crippen LogP contribution is 2.22. The standard InChI is InChI=1S/C12H13N3O/c16-10-5-4-9-7-14-12(15(9)8-10)11-3-1-2-6-13-11/h1-3,6-7,10,16H,4-5,8H2. The Morgan fingerprint density at radius 2 is 2.25 bits per heavy atom. The molecule has 2 aromatic rings. The van der Waals surface area contributed by atoms with Crippen LogP contribution in [0.2, 0.25) is 0 Å². The summed E-state index contributed by atoms with van der Waals surface area (Å²) in [7, 11) is 0. The molecule has 0 bridgehead atoms. The molecule has 1 aliphatic heterocycles. The van der Waals surface area contributed by atoms with Gasteiger partial charge in [-0.1, -0.05) is 6.07 Å². The van der Waals surface area contributed by atoms with Crippen LogP contribution in [0.15, 0.2) is 30.6 Å². The van der Waals surface area contributed by atoms with E-state index in [2.05, 4.69) is 14.5 Å². The first-order valence-corrected chi connectivity index (χ1v) is 5.48. The lowest BCUT2D eigenvalue weighted by Gasteiger charge is -2.21. The van der Waals surface area contributed by atoms with Crippen LogP contribution in [0.4, 0.5) is 0 Å². The summed E-state index contributed by atoms with van der Waals surface area (Å²) in [6.45, 7) is 0.626. The number of aryl methyl sites for hydroxylation is 1. The van der Waals surface area contributed by atoms with Crippen LogP contribution in [0.3, 0.4) is 0 Å². The van der Waals surface area contributed by atoms with Gasteiger partial charge in [0, 0.05) is 18.1 Å². The zero-order valence-corrected chi connectivity index (χ0v) is 8.87. The Bertz CT molecular complexity index is 492. The summed E-state index contributed by atoms with van der Waals surface area (Å²) in [6, 6.07) is 5.78. The van der Waals surface area contributed by atoms with Gasteiger partial charge in [-0.25, -0.2) is 4.98 Å². The highest BCUT2D eigenvalue weighted by atomic mass is 16.3. The van der Waals surface area contributed by atoms with Crippen molar-refractivity contribution in [2.45, 2.75) is 25.5 Å². The van der Waals surface area contributed by atoms with Gasteiger partial charge in [-0.15, -0.1) is 0 Å². The van der Waals surface area contributed by atoms with Gasteiger partial charge in [0.05, 0.1) is 12.6 Å². The largest absolute Gasteiger partial charge is 0.391 e. The van der Waals surface area contributed by atoms with Crippen molar-refractivity contribution < 1.29 is 5.11 Å². The van der Waals surface area contributed by atoms with Crippen molar-refractivity contribution in [1.29, 1.82) is 0 Å². The lowest BCUT2D eigenvalue weighted by molar-refractivity contribution is 0.132.